The minimum Gasteiger partial charge on any atom is -0.451 e. The van der Waals surface area contributed by atoms with Gasteiger partial charge in [-0.3, -0.25) is 9.59 Å². The highest BCUT2D eigenvalue weighted by molar-refractivity contribution is 14.1. The van der Waals surface area contributed by atoms with Crippen molar-refractivity contribution in [2.24, 2.45) is 0 Å². The lowest BCUT2D eigenvalue weighted by Gasteiger charge is -2.34. The maximum Gasteiger partial charge on any atom is 0.338 e. The summed E-state index contributed by atoms with van der Waals surface area (Å²) in [6.45, 7) is 2.05. The van der Waals surface area contributed by atoms with Crippen LogP contribution in [0.3, 0.4) is 0 Å². The van der Waals surface area contributed by atoms with E-state index in [1.807, 2.05) is 27.5 Å². The Morgan fingerprint density at radius 1 is 1.00 bits per heavy atom. The second-order valence-electron chi connectivity index (χ2n) is 6.77. The molecule has 0 atom stereocenters. The van der Waals surface area contributed by atoms with Crippen LogP contribution >= 0.6 is 22.6 Å². The van der Waals surface area contributed by atoms with Crippen molar-refractivity contribution >= 4 is 45.8 Å². The monoisotopic (exact) mass is 518 g/mol. The van der Waals surface area contributed by atoms with E-state index < -0.39 is 5.97 Å². The van der Waals surface area contributed by atoms with Gasteiger partial charge in [-0.15, -0.1) is 0 Å². The van der Waals surface area contributed by atoms with Crippen LogP contribution in [0.4, 0.5) is 5.69 Å². The number of nitrogens with zero attached hydrogens (tertiary/aromatic N) is 1. The fraction of sp³-hybridized carbons (Fsp3) is 0.227. The first-order valence-corrected chi connectivity index (χ1v) is 11.0. The van der Waals surface area contributed by atoms with Crippen LogP contribution in [0.25, 0.3) is 0 Å². The summed E-state index contributed by atoms with van der Waals surface area (Å²) in [5.41, 5.74) is 2.40. The summed E-state index contributed by atoms with van der Waals surface area (Å²) in [4.78, 5) is 40.3. The molecule has 8 heteroatoms. The summed E-state index contributed by atoms with van der Waals surface area (Å²) in [7, 11) is 0. The topological polar surface area (TPSA) is 84.9 Å². The van der Waals surface area contributed by atoms with Crippen molar-refractivity contribution < 1.29 is 23.9 Å². The number of alkyl halides is 1. The molecule has 0 saturated carbocycles. The van der Waals surface area contributed by atoms with E-state index in [9.17, 15) is 14.4 Å². The number of Topliss-reactive ketones (excluding diaryl/α,β-unsaturated/α-hetero) is 2. The van der Waals surface area contributed by atoms with Crippen LogP contribution in [0.1, 0.15) is 31.1 Å². The predicted molar refractivity (Wildman–Crippen MR) is 119 cm³/mol. The molecule has 0 unspecified atom stereocenters. The lowest BCUT2D eigenvalue weighted by atomic mass is 9.89. The second kappa shape index (κ2) is 8.97. The van der Waals surface area contributed by atoms with Gasteiger partial charge in [0.25, 0.3) is 0 Å². The summed E-state index contributed by atoms with van der Waals surface area (Å²) in [5, 5.41) is 3.12. The molecule has 2 aromatic rings. The Hall–Kier alpha value is -2.72. The number of rotatable bonds is 5. The Bertz CT molecular complexity index is 1030. The molecule has 0 radical (unpaired) electrons. The van der Waals surface area contributed by atoms with E-state index in [1.54, 1.807) is 48.5 Å². The van der Waals surface area contributed by atoms with Gasteiger partial charge in [-0.1, -0.05) is 24.3 Å². The summed E-state index contributed by atoms with van der Waals surface area (Å²) >= 11 is 1.96. The van der Waals surface area contributed by atoms with Crippen molar-refractivity contribution in [2.45, 2.75) is 0 Å². The Morgan fingerprint density at radius 2 is 1.63 bits per heavy atom. The Morgan fingerprint density at radius 3 is 2.27 bits per heavy atom. The smallest absolute Gasteiger partial charge is 0.338 e. The van der Waals surface area contributed by atoms with Crippen molar-refractivity contribution in [2.75, 3.05) is 36.2 Å². The van der Waals surface area contributed by atoms with E-state index in [0.29, 0.717) is 54.4 Å². The molecule has 2 aromatic carbocycles. The van der Waals surface area contributed by atoms with Crippen LogP contribution in [0.2, 0.25) is 0 Å². The molecular weight excluding hydrogens is 499 g/mol. The molecule has 1 heterocycles. The molecule has 154 valence electrons. The number of nitrogens with one attached hydrogen (secondary N) is 1. The van der Waals surface area contributed by atoms with Gasteiger partial charge in [0.2, 0.25) is 11.6 Å². The minimum absolute atomic E-state index is 0.183. The van der Waals surface area contributed by atoms with Crippen molar-refractivity contribution in [3.63, 3.8) is 0 Å². The first kappa shape index (κ1) is 20.5. The molecule has 30 heavy (non-hydrogen) atoms. The van der Waals surface area contributed by atoms with Gasteiger partial charge >= 0.3 is 5.97 Å². The van der Waals surface area contributed by atoms with E-state index in [4.69, 9.17) is 9.47 Å². The fourth-order valence-electron chi connectivity index (χ4n) is 3.53. The van der Waals surface area contributed by atoms with E-state index in [2.05, 4.69) is 5.32 Å². The Balaban J connectivity index is 1.71. The molecule has 2 aliphatic rings. The van der Waals surface area contributed by atoms with Crippen LogP contribution in [-0.4, -0.2) is 53.4 Å². The molecule has 1 N–H and O–H groups in total. The number of halogens is 1. The van der Waals surface area contributed by atoms with Crippen molar-refractivity contribution in [1.82, 2.24) is 4.90 Å². The van der Waals surface area contributed by atoms with Crippen molar-refractivity contribution in [3.8, 4) is 0 Å². The molecule has 1 aliphatic carbocycles. The first-order valence-electron chi connectivity index (χ1n) is 9.45. The maximum atomic E-state index is 13.3. The number of esters is 1. The van der Waals surface area contributed by atoms with Gasteiger partial charge < -0.3 is 19.7 Å². The number of hydrogen-bond acceptors (Lipinski definition) is 7. The van der Waals surface area contributed by atoms with Crippen LogP contribution in [-0.2, 0) is 9.47 Å². The van der Waals surface area contributed by atoms with Gasteiger partial charge in [-0.05, 0) is 46.9 Å². The molecule has 0 aromatic heterocycles. The quantitative estimate of drug-likeness (QED) is 0.370. The summed E-state index contributed by atoms with van der Waals surface area (Å²) in [6, 6.07) is 13.5. The van der Waals surface area contributed by atoms with E-state index in [1.165, 1.54) is 0 Å². The van der Waals surface area contributed by atoms with Crippen LogP contribution in [0, 0.1) is 0 Å². The zero-order chi connectivity index (χ0) is 21.1. The lowest BCUT2D eigenvalue weighted by Crippen LogP contribution is -2.42. The van der Waals surface area contributed by atoms with Crippen molar-refractivity contribution in [3.05, 3.63) is 76.6 Å². The molecular formula is C22H19IN2O5. The lowest BCUT2D eigenvalue weighted by molar-refractivity contribution is 0.0496. The molecule has 0 amide bonds. The molecule has 0 spiro atoms. The van der Waals surface area contributed by atoms with E-state index >= 15 is 0 Å². The number of hydrogen-bond donors (Lipinski definition) is 1. The molecule has 0 bridgehead atoms. The maximum absolute atomic E-state index is 13.3. The van der Waals surface area contributed by atoms with Gasteiger partial charge in [0.1, 0.15) is 16.0 Å². The van der Waals surface area contributed by atoms with Crippen LogP contribution in [0.15, 0.2) is 59.9 Å². The predicted octanol–water partition coefficient (Wildman–Crippen LogP) is 3.27. The third kappa shape index (κ3) is 3.97. The number of ketones is 2. The number of allylic oxidation sites excluding steroid dienone is 2. The summed E-state index contributed by atoms with van der Waals surface area (Å²) < 4.78 is 10.7. The van der Waals surface area contributed by atoms with Gasteiger partial charge in [0, 0.05) is 29.9 Å². The number of fused-ring (bicyclic) bond motifs is 1. The highest BCUT2D eigenvalue weighted by atomic mass is 127. The normalized spacial score (nSPS) is 16.4. The van der Waals surface area contributed by atoms with Gasteiger partial charge in [0.05, 0.1) is 18.8 Å². The van der Waals surface area contributed by atoms with Gasteiger partial charge in [-0.25, -0.2) is 4.79 Å². The molecule has 1 fully saturated rings. The third-order valence-corrected chi connectivity index (χ3v) is 5.31. The average molecular weight is 518 g/mol. The highest BCUT2D eigenvalue weighted by Crippen LogP contribution is 2.30. The minimum atomic E-state index is -0.415. The SMILES string of the molecule is O=C(OCI)c1ccc(NC2=C(N3CCOCC3)C(=O)c3ccccc3C2=O)cc1. The van der Waals surface area contributed by atoms with Crippen LogP contribution in [0.5, 0.6) is 0 Å². The summed E-state index contributed by atoms with van der Waals surface area (Å²) in [6.07, 6.45) is 0. The van der Waals surface area contributed by atoms with Crippen LogP contribution < -0.4 is 5.32 Å². The highest BCUT2D eigenvalue weighted by Gasteiger charge is 2.35. The van der Waals surface area contributed by atoms with Gasteiger partial charge in [0.15, 0.2) is 0 Å². The zero-order valence-corrected chi connectivity index (χ0v) is 18.2. The number of benzene rings is 2. The number of carbonyl (C=O) groups is 3. The van der Waals surface area contributed by atoms with E-state index in [-0.39, 0.29) is 21.9 Å². The molecule has 1 saturated heterocycles. The number of carbonyl (C=O) groups excluding carboxylic acids is 3. The largest absolute Gasteiger partial charge is 0.451 e. The third-order valence-electron chi connectivity index (χ3n) is 5.00. The average Bonchev–Trinajstić information content (AvgIpc) is 2.79. The number of ether oxygens (including phenoxy) is 2. The Kier molecular flexibility index (Phi) is 6.14. The Labute approximate surface area is 187 Å². The summed E-state index contributed by atoms with van der Waals surface area (Å²) in [5.74, 6) is -0.834. The first-order chi connectivity index (χ1) is 14.6. The molecule has 7 nitrogen and oxygen atoms in total. The fourth-order valence-corrected chi connectivity index (χ4v) is 3.82. The molecule has 1 aliphatic heterocycles. The standard InChI is InChI=1S/C22H19IN2O5/c23-13-30-22(28)14-5-7-15(8-6-14)24-18-19(25-9-11-29-12-10-25)21(27)17-4-2-1-3-16(17)20(18)26/h1-8,24H,9-13H2. The van der Waals surface area contributed by atoms with Crippen molar-refractivity contribution in [1.29, 1.82) is 0 Å². The van der Waals surface area contributed by atoms with E-state index in [0.717, 1.165) is 0 Å². The van der Waals surface area contributed by atoms with Gasteiger partial charge in [-0.2, -0.15) is 0 Å². The number of anilines is 1. The number of morpholine rings is 1. The second-order valence-corrected chi connectivity index (χ2v) is 7.39. The zero-order valence-electron chi connectivity index (χ0n) is 16.0. The molecule has 4 rings (SSSR count).